The largest absolute Gasteiger partial charge is 0.469 e. The van der Waals surface area contributed by atoms with Crippen molar-refractivity contribution in [2.75, 3.05) is 14.2 Å². The van der Waals surface area contributed by atoms with Gasteiger partial charge in [0, 0.05) is 12.5 Å². The van der Waals surface area contributed by atoms with Crippen molar-refractivity contribution >= 4 is 18.0 Å². The summed E-state index contributed by atoms with van der Waals surface area (Å²) in [6, 6.07) is 9.59. The maximum absolute atomic E-state index is 10.7. The molecule has 0 amide bonds. The van der Waals surface area contributed by atoms with E-state index in [1.165, 1.54) is 20.3 Å². The van der Waals surface area contributed by atoms with E-state index in [4.69, 9.17) is 0 Å². The van der Waals surface area contributed by atoms with Gasteiger partial charge in [-0.05, 0) is 18.1 Å². The lowest BCUT2D eigenvalue weighted by atomic mass is 10.2. The second-order valence-electron chi connectivity index (χ2n) is 4.30. The van der Waals surface area contributed by atoms with Crippen LogP contribution in [0, 0.1) is 0 Å². The summed E-state index contributed by atoms with van der Waals surface area (Å²) >= 11 is 0. The van der Waals surface area contributed by atoms with E-state index in [1.807, 2.05) is 30.3 Å². The zero-order chi connectivity index (χ0) is 15.9. The second kappa shape index (κ2) is 12.9. The molecule has 0 spiro atoms. The summed E-state index contributed by atoms with van der Waals surface area (Å²) in [5.41, 5.74) is 0.989. The molecule has 0 aliphatic carbocycles. The topological polar surface area (TPSA) is 52.6 Å². The van der Waals surface area contributed by atoms with Gasteiger partial charge in [-0.3, -0.25) is 4.79 Å². The summed E-state index contributed by atoms with van der Waals surface area (Å²) in [5.74, 6) is -0.428. The van der Waals surface area contributed by atoms with Crippen molar-refractivity contribution in [1.82, 2.24) is 0 Å². The van der Waals surface area contributed by atoms with Crippen molar-refractivity contribution in [3.8, 4) is 0 Å². The first kappa shape index (κ1) is 18.9. The fraction of sp³-hybridized carbons (Fsp3) is 0.412. The van der Waals surface area contributed by atoms with Crippen LogP contribution < -0.4 is 0 Å². The van der Waals surface area contributed by atoms with Gasteiger partial charge >= 0.3 is 11.9 Å². The molecular weight excluding hydrogens is 268 g/mol. The van der Waals surface area contributed by atoms with Gasteiger partial charge in [-0.2, -0.15) is 0 Å². The Balaban J connectivity index is 0.000000400. The van der Waals surface area contributed by atoms with Crippen LogP contribution in [0.4, 0.5) is 0 Å². The van der Waals surface area contributed by atoms with Crippen LogP contribution in [-0.4, -0.2) is 26.2 Å². The van der Waals surface area contributed by atoms with Crippen LogP contribution in [0.1, 0.15) is 38.2 Å². The lowest BCUT2D eigenvalue weighted by Gasteiger charge is -1.95. The zero-order valence-electron chi connectivity index (χ0n) is 13.0. The van der Waals surface area contributed by atoms with Crippen molar-refractivity contribution in [1.29, 1.82) is 0 Å². The molecule has 0 saturated heterocycles. The SMILES string of the molecule is CCCCCC(=O)OC.COC(=O)/C=C/c1ccccc1. The predicted molar refractivity (Wildman–Crippen MR) is 83.7 cm³/mol. The number of hydrogen-bond acceptors (Lipinski definition) is 4. The summed E-state index contributed by atoms with van der Waals surface area (Å²) in [5, 5.41) is 0. The lowest BCUT2D eigenvalue weighted by Crippen LogP contribution is -1.98. The molecule has 0 bridgehead atoms. The van der Waals surface area contributed by atoms with E-state index >= 15 is 0 Å². The van der Waals surface area contributed by atoms with Crippen molar-refractivity contribution < 1.29 is 19.1 Å². The van der Waals surface area contributed by atoms with Crippen LogP contribution in [0.3, 0.4) is 0 Å². The Bertz CT molecular complexity index is 424. The molecule has 0 fully saturated rings. The Labute approximate surface area is 126 Å². The number of esters is 2. The standard InChI is InChI=1S/C10H10O2.C7H14O2/c1-12-10(11)8-7-9-5-3-2-4-6-9;1-3-4-5-6-7(8)9-2/h2-8H,1H3;3-6H2,1-2H3/b8-7+;. The summed E-state index contributed by atoms with van der Waals surface area (Å²) in [7, 11) is 2.78. The predicted octanol–water partition coefficient (Wildman–Crippen LogP) is 3.61. The molecule has 21 heavy (non-hydrogen) atoms. The summed E-state index contributed by atoms with van der Waals surface area (Å²) in [4.78, 5) is 21.1. The van der Waals surface area contributed by atoms with Crippen LogP contribution in [0.15, 0.2) is 36.4 Å². The number of rotatable bonds is 6. The monoisotopic (exact) mass is 292 g/mol. The van der Waals surface area contributed by atoms with Crippen molar-refractivity contribution in [3.05, 3.63) is 42.0 Å². The molecule has 0 unspecified atom stereocenters. The first-order chi connectivity index (χ1) is 10.1. The van der Waals surface area contributed by atoms with Gasteiger partial charge in [0.15, 0.2) is 0 Å². The second-order valence-corrected chi connectivity index (χ2v) is 4.30. The summed E-state index contributed by atoms with van der Waals surface area (Å²) < 4.78 is 8.90. The number of unbranched alkanes of at least 4 members (excludes halogenated alkanes) is 2. The van der Waals surface area contributed by atoms with E-state index in [0.717, 1.165) is 24.8 Å². The smallest absolute Gasteiger partial charge is 0.330 e. The van der Waals surface area contributed by atoms with Gasteiger partial charge in [-0.1, -0.05) is 50.1 Å². The minimum absolute atomic E-state index is 0.0940. The Morgan fingerprint density at radius 2 is 1.71 bits per heavy atom. The highest BCUT2D eigenvalue weighted by Gasteiger charge is 1.96. The fourth-order valence-corrected chi connectivity index (χ4v) is 1.42. The van der Waals surface area contributed by atoms with Gasteiger partial charge in [0.2, 0.25) is 0 Å². The van der Waals surface area contributed by atoms with Gasteiger partial charge in [-0.25, -0.2) is 4.79 Å². The highest BCUT2D eigenvalue weighted by molar-refractivity contribution is 5.86. The highest BCUT2D eigenvalue weighted by atomic mass is 16.5. The molecule has 0 heterocycles. The quantitative estimate of drug-likeness (QED) is 0.456. The maximum atomic E-state index is 10.7. The third-order valence-electron chi connectivity index (χ3n) is 2.62. The Morgan fingerprint density at radius 3 is 2.24 bits per heavy atom. The van der Waals surface area contributed by atoms with Crippen LogP contribution in [-0.2, 0) is 19.1 Å². The van der Waals surface area contributed by atoms with E-state index in [0.29, 0.717) is 6.42 Å². The molecular formula is C17H24O4. The number of methoxy groups -OCH3 is 2. The number of carbonyl (C=O) groups is 2. The number of benzene rings is 1. The summed E-state index contributed by atoms with van der Waals surface area (Å²) in [6.45, 7) is 2.11. The third kappa shape index (κ3) is 11.4. The molecule has 0 radical (unpaired) electrons. The first-order valence-electron chi connectivity index (χ1n) is 7.02. The van der Waals surface area contributed by atoms with E-state index in [-0.39, 0.29) is 11.9 Å². The summed E-state index contributed by atoms with van der Waals surface area (Å²) in [6.07, 6.45) is 6.92. The van der Waals surface area contributed by atoms with Crippen LogP contribution in [0.25, 0.3) is 6.08 Å². The van der Waals surface area contributed by atoms with Crippen LogP contribution in [0.2, 0.25) is 0 Å². The minimum atomic E-state index is -0.334. The van der Waals surface area contributed by atoms with Crippen molar-refractivity contribution in [2.24, 2.45) is 0 Å². The molecule has 1 aromatic carbocycles. The van der Waals surface area contributed by atoms with Crippen molar-refractivity contribution in [3.63, 3.8) is 0 Å². The molecule has 0 saturated carbocycles. The molecule has 116 valence electrons. The number of ether oxygens (including phenoxy) is 2. The molecule has 1 rings (SSSR count). The molecule has 4 nitrogen and oxygen atoms in total. The van der Waals surface area contributed by atoms with Crippen LogP contribution in [0.5, 0.6) is 0 Å². The third-order valence-corrected chi connectivity index (χ3v) is 2.62. The van der Waals surface area contributed by atoms with Gasteiger partial charge in [0.05, 0.1) is 14.2 Å². The number of carbonyl (C=O) groups excluding carboxylic acids is 2. The normalized spacial score (nSPS) is 9.67. The van der Waals surface area contributed by atoms with E-state index in [9.17, 15) is 9.59 Å². The highest BCUT2D eigenvalue weighted by Crippen LogP contribution is 2.00. The van der Waals surface area contributed by atoms with E-state index < -0.39 is 0 Å². The Morgan fingerprint density at radius 1 is 1.05 bits per heavy atom. The van der Waals surface area contributed by atoms with Crippen molar-refractivity contribution in [2.45, 2.75) is 32.6 Å². The molecule has 0 aliphatic heterocycles. The van der Waals surface area contributed by atoms with E-state index in [1.54, 1.807) is 6.08 Å². The first-order valence-corrected chi connectivity index (χ1v) is 7.02. The Hall–Kier alpha value is -2.10. The molecule has 0 N–H and O–H groups in total. The number of hydrogen-bond donors (Lipinski definition) is 0. The molecule has 4 heteroatoms. The zero-order valence-corrected chi connectivity index (χ0v) is 13.0. The Kier molecular flexibility index (Phi) is 11.6. The van der Waals surface area contributed by atoms with E-state index in [2.05, 4.69) is 16.4 Å². The molecule has 0 aromatic heterocycles. The lowest BCUT2D eigenvalue weighted by molar-refractivity contribution is -0.140. The minimum Gasteiger partial charge on any atom is -0.469 e. The molecule has 0 aliphatic rings. The average Bonchev–Trinajstić information content (AvgIpc) is 2.54. The maximum Gasteiger partial charge on any atom is 0.330 e. The van der Waals surface area contributed by atoms with Crippen LogP contribution >= 0.6 is 0 Å². The average molecular weight is 292 g/mol. The van der Waals surface area contributed by atoms with Gasteiger partial charge in [0.25, 0.3) is 0 Å². The fourth-order valence-electron chi connectivity index (χ4n) is 1.42. The van der Waals surface area contributed by atoms with Gasteiger partial charge in [-0.15, -0.1) is 0 Å². The molecule has 1 aromatic rings. The van der Waals surface area contributed by atoms with Gasteiger partial charge < -0.3 is 9.47 Å². The van der Waals surface area contributed by atoms with Gasteiger partial charge in [0.1, 0.15) is 0 Å². The molecule has 0 atom stereocenters.